The number of hydrogen-bond donors (Lipinski definition) is 2. The van der Waals surface area contributed by atoms with E-state index in [2.05, 4.69) is 5.32 Å². The number of carboxylic acids is 1. The second-order valence-electron chi connectivity index (χ2n) is 4.63. The Bertz CT molecular complexity index is 706. The molecule has 0 unspecified atom stereocenters. The third kappa shape index (κ3) is 3.28. The van der Waals surface area contributed by atoms with Crippen molar-refractivity contribution in [3.8, 4) is 0 Å². The number of nitrogens with one attached hydrogen (secondary N) is 1. The summed E-state index contributed by atoms with van der Waals surface area (Å²) in [6.07, 6.45) is 0. The molecule has 1 heterocycles. The Hall–Kier alpha value is -2.63. The summed E-state index contributed by atoms with van der Waals surface area (Å²) in [5, 5.41) is 11.5. The van der Waals surface area contributed by atoms with E-state index in [1.807, 2.05) is 0 Å². The molecule has 2 rings (SSSR count). The summed E-state index contributed by atoms with van der Waals surface area (Å²) in [6, 6.07) is 5.42. The van der Waals surface area contributed by atoms with Crippen molar-refractivity contribution in [1.29, 1.82) is 0 Å². The zero-order chi connectivity index (χ0) is 15.6. The Morgan fingerprint density at radius 3 is 2.57 bits per heavy atom. The van der Waals surface area contributed by atoms with Gasteiger partial charge >= 0.3 is 5.97 Å². The topological polar surface area (TPSA) is 79.5 Å². The standard InChI is InChI=1S/C15H14FNO4/c1-8-5-10(3-4-13(8)16)14(18)17-7-11-6-12(15(19)20)9(2)21-11/h3-6H,7H2,1-2H3,(H,17,18)(H,19,20). The van der Waals surface area contributed by atoms with Gasteiger partial charge in [0.05, 0.1) is 6.54 Å². The quantitative estimate of drug-likeness (QED) is 0.907. The van der Waals surface area contributed by atoms with Crippen LogP contribution in [-0.4, -0.2) is 17.0 Å². The van der Waals surface area contributed by atoms with E-state index in [-0.39, 0.29) is 29.6 Å². The summed E-state index contributed by atoms with van der Waals surface area (Å²) in [5.41, 5.74) is 0.775. The summed E-state index contributed by atoms with van der Waals surface area (Å²) in [6.45, 7) is 3.17. The molecule has 0 saturated heterocycles. The van der Waals surface area contributed by atoms with E-state index in [1.54, 1.807) is 6.92 Å². The Balaban J connectivity index is 2.05. The van der Waals surface area contributed by atoms with Crippen molar-refractivity contribution < 1.29 is 23.5 Å². The number of carboxylic acid groups (broad SMARTS) is 1. The molecule has 1 amide bonds. The van der Waals surface area contributed by atoms with Crippen LogP contribution in [0.15, 0.2) is 28.7 Å². The predicted molar refractivity (Wildman–Crippen MR) is 72.7 cm³/mol. The van der Waals surface area contributed by atoms with Crippen molar-refractivity contribution >= 4 is 11.9 Å². The van der Waals surface area contributed by atoms with Crippen LogP contribution in [0.5, 0.6) is 0 Å². The highest BCUT2D eigenvalue weighted by Crippen LogP contribution is 2.15. The van der Waals surface area contributed by atoms with Crippen LogP contribution in [0.1, 0.15) is 37.8 Å². The van der Waals surface area contributed by atoms with Crippen LogP contribution in [-0.2, 0) is 6.54 Å². The average molecular weight is 291 g/mol. The first kappa shape index (κ1) is 14.8. The molecule has 0 aliphatic carbocycles. The number of halogens is 1. The van der Waals surface area contributed by atoms with E-state index in [0.29, 0.717) is 16.9 Å². The van der Waals surface area contributed by atoms with E-state index in [0.717, 1.165) is 0 Å². The van der Waals surface area contributed by atoms with Crippen LogP contribution in [0.2, 0.25) is 0 Å². The number of amides is 1. The average Bonchev–Trinajstić information content (AvgIpc) is 2.80. The lowest BCUT2D eigenvalue weighted by Crippen LogP contribution is -2.22. The highest BCUT2D eigenvalue weighted by Gasteiger charge is 2.14. The molecule has 0 atom stereocenters. The normalized spacial score (nSPS) is 10.4. The lowest BCUT2D eigenvalue weighted by atomic mass is 10.1. The third-order valence-electron chi connectivity index (χ3n) is 3.04. The number of furan rings is 1. The van der Waals surface area contributed by atoms with Gasteiger partial charge in [-0.2, -0.15) is 0 Å². The second-order valence-corrected chi connectivity index (χ2v) is 4.63. The molecule has 0 spiro atoms. The fourth-order valence-electron chi connectivity index (χ4n) is 1.90. The summed E-state index contributed by atoms with van der Waals surface area (Å²) >= 11 is 0. The Morgan fingerprint density at radius 2 is 2.00 bits per heavy atom. The predicted octanol–water partition coefficient (Wildman–Crippen LogP) is 2.66. The van der Waals surface area contributed by atoms with Gasteiger partial charge in [-0.1, -0.05) is 0 Å². The molecule has 0 fully saturated rings. The van der Waals surface area contributed by atoms with Crippen LogP contribution >= 0.6 is 0 Å². The van der Waals surface area contributed by atoms with Crippen molar-refractivity contribution in [2.75, 3.05) is 0 Å². The molecule has 2 aromatic rings. The molecular formula is C15H14FNO4. The van der Waals surface area contributed by atoms with E-state index in [9.17, 15) is 14.0 Å². The highest BCUT2D eigenvalue weighted by atomic mass is 19.1. The highest BCUT2D eigenvalue weighted by molar-refractivity contribution is 5.94. The summed E-state index contributed by atoms with van der Waals surface area (Å²) in [7, 11) is 0. The van der Waals surface area contributed by atoms with E-state index in [4.69, 9.17) is 9.52 Å². The number of carbonyl (C=O) groups is 2. The van der Waals surface area contributed by atoms with Gasteiger partial charge in [0.1, 0.15) is 22.9 Å². The lowest BCUT2D eigenvalue weighted by Gasteiger charge is -2.04. The van der Waals surface area contributed by atoms with E-state index in [1.165, 1.54) is 31.2 Å². The number of aryl methyl sites for hydroxylation is 2. The molecule has 6 heteroatoms. The van der Waals surface area contributed by atoms with Crippen molar-refractivity contribution in [2.45, 2.75) is 20.4 Å². The lowest BCUT2D eigenvalue weighted by molar-refractivity contribution is 0.0694. The molecule has 0 bridgehead atoms. The van der Waals surface area contributed by atoms with Gasteiger partial charge < -0.3 is 14.8 Å². The monoisotopic (exact) mass is 291 g/mol. The summed E-state index contributed by atoms with van der Waals surface area (Å²) < 4.78 is 18.4. The Morgan fingerprint density at radius 1 is 1.29 bits per heavy atom. The number of benzene rings is 1. The van der Waals surface area contributed by atoms with Crippen LogP contribution in [0.25, 0.3) is 0 Å². The number of hydrogen-bond acceptors (Lipinski definition) is 3. The first-order valence-corrected chi connectivity index (χ1v) is 6.25. The van der Waals surface area contributed by atoms with Crippen molar-refractivity contribution in [3.63, 3.8) is 0 Å². The van der Waals surface area contributed by atoms with Gasteiger partial charge in [0.2, 0.25) is 0 Å². The molecule has 21 heavy (non-hydrogen) atoms. The van der Waals surface area contributed by atoms with Crippen LogP contribution in [0.3, 0.4) is 0 Å². The van der Waals surface area contributed by atoms with E-state index < -0.39 is 5.97 Å². The molecule has 110 valence electrons. The van der Waals surface area contributed by atoms with Gasteiger partial charge in [-0.3, -0.25) is 4.79 Å². The minimum absolute atomic E-state index is 0.0589. The maximum atomic E-state index is 13.1. The Labute approximate surface area is 120 Å². The summed E-state index contributed by atoms with van der Waals surface area (Å²) in [4.78, 5) is 22.8. The van der Waals surface area contributed by atoms with Crippen LogP contribution in [0.4, 0.5) is 4.39 Å². The summed E-state index contributed by atoms with van der Waals surface area (Å²) in [5.74, 6) is -1.22. The van der Waals surface area contributed by atoms with Crippen molar-refractivity contribution in [1.82, 2.24) is 5.32 Å². The van der Waals surface area contributed by atoms with Gasteiger partial charge in [-0.05, 0) is 43.7 Å². The second kappa shape index (κ2) is 5.78. The van der Waals surface area contributed by atoms with Crippen LogP contribution < -0.4 is 5.32 Å². The molecular weight excluding hydrogens is 277 g/mol. The molecule has 1 aromatic heterocycles. The number of rotatable bonds is 4. The minimum Gasteiger partial charge on any atom is -0.478 e. The molecule has 0 radical (unpaired) electrons. The Kier molecular flexibility index (Phi) is 4.07. The molecule has 5 nitrogen and oxygen atoms in total. The molecule has 1 aromatic carbocycles. The zero-order valence-electron chi connectivity index (χ0n) is 11.6. The van der Waals surface area contributed by atoms with Crippen molar-refractivity contribution in [3.05, 3.63) is 58.3 Å². The van der Waals surface area contributed by atoms with Crippen LogP contribution in [0, 0.1) is 19.7 Å². The molecule has 0 aliphatic heterocycles. The van der Waals surface area contributed by atoms with E-state index >= 15 is 0 Å². The first-order chi connectivity index (χ1) is 9.88. The largest absolute Gasteiger partial charge is 0.478 e. The zero-order valence-corrected chi connectivity index (χ0v) is 11.6. The molecule has 0 saturated carbocycles. The first-order valence-electron chi connectivity index (χ1n) is 6.25. The fourth-order valence-corrected chi connectivity index (χ4v) is 1.90. The minimum atomic E-state index is -1.08. The third-order valence-corrected chi connectivity index (χ3v) is 3.04. The number of aromatic carboxylic acids is 1. The maximum absolute atomic E-state index is 13.1. The van der Waals surface area contributed by atoms with Crippen molar-refractivity contribution in [2.24, 2.45) is 0 Å². The van der Waals surface area contributed by atoms with Gasteiger partial charge in [0, 0.05) is 5.56 Å². The van der Waals surface area contributed by atoms with Gasteiger partial charge in [-0.15, -0.1) is 0 Å². The smallest absolute Gasteiger partial charge is 0.339 e. The van der Waals surface area contributed by atoms with Gasteiger partial charge in [-0.25, -0.2) is 9.18 Å². The van der Waals surface area contributed by atoms with Gasteiger partial charge in [0.25, 0.3) is 5.91 Å². The SMILES string of the molecule is Cc1cc(C(=O)NCc2cc(C(=O)O)c(C)o2)ccc1F. The van der Waals surface area contributed by atoms with Gasteiger partial charge in [0.15, 0.2) is 0 Å². The fraction of sp³-hybridized carbons (Fsp3) is 0.200. The molecule has 2 N–H and O–H groups in total. The maximum Gasteiger partial charge on any atom is 0.339 e. The number of carbonyl (C=O) groups excluding carboxylic acids is 1. The molecule has 0 aliphatic rings.